The van der Waals surface area contributed by atoms with Gasteiger partial charge in [0.15, 0.2) is 0 Å². The third-order valence-electron chi connectivity index (χ3n) is 5.58. The van der Waals surface area contributed by atoms with Gasteiger partial charge in [0.05, 0.1) is 22.3 Å². The SMILES string of the molecule is O=C(Nc1ccc2ncnc(Nc3ccc(OCc4ccccn4)c(Cl)c3)c2c1)C1CCCN1. The van der Waals surface area contributed by atoms with Gasteiger partial charge in [0.25, 0.3) is 0 Å². The van der Waals surface area contributed by atoms with Crippen LogP contribution in [0.4, 0.5) is 17.2 Å². The van der Waals surface area contributed by atoms with Crippen LogP contribution >= 0.6 is 11.6 Å². The molecular weight excluding hydrogens is 452 g/mol. The summed E-state index contributed by atoms with van der Waals surface area (Å²) < 4.78 is 5.80. The molecule has 2 aromatic heterocycles. The van der Waals surface area contributed by atoms with Crippen LogP contribution in [0.2, 0.25) is 5.02 Å². The predicted octanol–water partition coefficient (Wildman–Crippen LogP) is 4.69. The van der Waals surface area contributed by atoms with E-state index in [1.165, 1.54) is 6.33 Å². The number of carbonyl (C=O) groups excluding carboxylic acids is 1. The van der Waals surface area contributed by atoms with Crippen molar-refractivity contribution < 1.29 is 9.53 Å². The van der Waals surface area contributed by atoms with Crippen LogP contribution in [0.3, 0.4) is 0 Å². The normalized spacial score (nSPS) is 15.3. The first kappa shape index (κ1) is 22.1. The van der Waals surface area contributed by atoms with E-state index in [2.05, 4.69) is 30.9 Å². The molecule has 0 bridgehead atoms. The number of carbonyl (C=O) groups is 1. The number of nitrogens with one attached hydrogen (secondary N) is 3. The quantitative estimate of drug-likeness (QED) is 0.357. The zero-order valence-electron chi connectivity index (χ0n) is 18.3. The van der Waals surface area contributed by atoms with E-state index in [1.807, 2.05) is 42.5 Å². The largest absolute Gasteiger partial charge is 0.486 e. The minimum Gasteiger partial charge on any atom is -0.486 e. The standard InChI is InChI=1S/C25H23ClN6O2/c26-20-13-17(7-9-23(20)34-14-18-4-1-2-10-27-18)31-24-19-12-16(6-8-21(19)29-15-30-24)32-25(33)22-5-3-11-28-22/h1-2,4,6-10,12-13,15,22,28H,3,5,11,14H2,(H,32,33)(H,29,30,31). The van der Waals surface area contributed by atoms with E-state index in [0.717, 1.165) is 41.7 Å². The van der Waals surface area contributed by atoms with E-state index in [0.29, 0.717) is 28.9 Å². The summed E-state index contributed by atoms with van der Waals surface area (Å²) in [5, 5.41) is 10.7. The third-order valence-corrected chi connectivity index (χ3v) is 5.87. The number of pyridine rings is 1. The summed E-state index contributed by atoms with van der Waals surface area (Å²) in [5.41, 5.74) is 3.02. The Morgan fingerprint density at radius 3 is 2.79 bits per heavy atom. The van der Waals surface area contributed by atoms with Crippen molar-refractivity contribution in [3.05, 3.63) is 77.8 Å². The second kappa shape index (κ2) is 10.0. The van der Waals surface area contributed by atoms with Gasteiger partial charge >= 0.3 is 0 Å². The molecule has 9 heteroatoms. The summed E-state index contributed by atoms with van der Waals surface area (Å²) in [6.07, 6.45) is 5.07. The molecule has 4 aromatic rings. The van der Waals surface area contributed by atoms with Crippen molar-refractivity contribution in [2.24, 2.45) is 0 Å². The van der Waals surface area contributed by atoms with Gasteiger partial charge in [-0.3, -0.25) is 9.78 Å². The van der Waals surface area contributed by atoms with E-state index < -0.39 is 0 Å². The number of hydrogen-bond acceptors (Lipinski definition) is 7. The van der Waals surface area contributed by atoms with Crippen LogP contribution in [-0.4, -0.2) is 33.4 Å². The molecule has 1 saturated heterocycles. The highest BCUT2D eigenvalue weighted by atomic mass is 35.5. The minimum atomic E-state index is -0.152. The van der Waals surface area contributed by atoms with E-state index in [4.69, 9.17) is 16.3 Å². The van der Waals surface area contributed by atoms with Crippen LogP contribution in [0.25, 0.3) is 10.9 Å². The van der Waals surface area contributed by atoms with Crippen LogP contribution in [0.15, 0.2) is 67.1 Å². The first-order valence-corrected chi connectivity index (χ1v) is 11.4. The second-order valence-electron chi connectivity index (χ2n) is 7.97. The van der Waals surface area contributed by atoms with Gasteiger partial charge in [0.2, 0.25) is 5.91 Å². The van der Waals surface area contributed by atoms with Crippen LogP contribution in [0, 0.1) is 0 Å². The monoisotopic (exact) mass is 474 g/mol. The molecule has 0 spiro atoms. The van der Waals surface area contributed by atoms with Crippen molar-refractivity contribution in [2.45, 2.75) is 25.5 Å². The van der Waals surface area contributed by atoms with Crippen LogP contribution < -0.4 is 20.7 Å². The average Bonchev–Trinajstić information content (AvgIpc) is 3.40. The van der Waals surface area contributed by atoms with Gasteiger partial charge in [0, 0.05) is 23.0 Å². The van der Waals surface area contributed by atoms with E-state index in [9.17, 15) is 4.79 Å². The molecule has 0 saturated carbocycles. The number of rotatable bonds is 7. The molecule has 1 aliphatic heterocycles. The van der Waals surface area contributed by atoms with Crippen LogP contribution in [0.1, 0.15) is 18.5 Å². The number of halogens is 1. The molecule has 3 heterocycles. The van der Waals surface area contributed by atoms with Gasteiger partial charge in [0.1, 0.15) is 24.5 Å². The Hall–Kier alpha value is -3.75. The molecule has 0 radical (unpaired) electrons. The summed E-state index contributed by atoms with van der Waals surface area (Å²) in [5.74, 6) is 1.14. The molecule has 1 amide bonds. The molecule has 0 aliphatic carbocycles. The maximum Gasteiger partial charge on any atom is 0.241 e. The van der Waals surface area contributed by atoms with Crippen molar-refractivity contribution in [3.63, 3.8) is 0 Å². The number of aromatic nitrogens is 3. The maximum atomic E-state index is 12.5. The lowest BCUT2D eigenvalue weighted by Crippen LogP contribution is -2.35. The first-order valence-electron chi connectivity index (χ1n) is 11.0. The Bertz CT molecular complexity index is 1310. The van der Waals surface area contributed by atoms with Gasteiger partial charge in [-0.05, 0) is 67.9 Å². The molecule has 1 atom stereocenters. The molecule has 5 rings (SSSR count). The first-order chi connectivity index (χ1) is 16.7. The molecule has 1 aliphatic rings. The molecule has 8 nitrogen and oxygen atoms in total. The third kappa shape index (κ3) is 5.08. The lowest BCUT2D eigenvalue weighted by atomic mass is 10.1. The van der Waals surface area contributed by atoms with Crippen molar-refractivity contribution in [3.8, 4) is 5.75 Å². The molecular formula is C25H23ClN6O2. The number of benzene rings is 2. The molecule has 1 fully saturated rings. The molecule has 2 aromatic carbocycles. The summed E-state index contributed by atoms with van der Waals surface area (Å²) in [6, 6.07) is 16.5. The average molecular weight is 475 g/mol. The summed E-state index contributed by atoms with van der Waals surface area (Å²) in [6.45, 7) is 1.20. The van der Waals surface area contributed by atoms with E-state index >= 15 is 0 Å². The molecule has 3 N–H and O–H groups in total. The number of fused-ring (bicyclic) bond motifs is 1. The van der Waals surface area contributed by atoms with Crippen molar-refractivity contribution in [1.29, 1.82) is 0 Å². The highest BCUT2D eigenvalue weighted by molar-refractivity contribution is 6.32. The van der Waals surface area contributed by atoms with E-state index in [1.54, 1.807) is 18.3 Å². The number of ether oxygens (including phenoxy) is 1. The van der Waals surface area contributed by atoms with Gasteiger partial charge < -0.3 is 20.7 Å². The van der Waals surface area contributed by atoms with Gasteiger partial charge in [-0.25, -0.2) is 9.97 Å². The molecule has 34 heavy (non-hydrogen) atoms. The van der Waals surface area contributed by atoms with Crippen molar-refractivity contribution >= 4 is 45.6 Å². The molecule has 1 unspecified atom stereocenters. The lowest BCUT2D eigenvalue weighted by Gasteiger charge is -2.13. The predicted molar refractivity (Wildman–Crippen MR) is 132 cm³/mol. The topological polar surface area (TPSA) is 101 Å². The van der Waals surface area contributed by atoms with E-state index in [-0.39, 0.29) is 11.9 Å². The van der Waals surface area contributed by atoms with Crippen molar-refractivity contribution in [1.82, 2.24) is 20.3 Å². The van der Waals surface area contributed by atoms with Gasteiger partial charge in [-0.1, -0.05) is 17.7 Å². The summed E-state index contributed by atoms with van der Waals surface area (Å²) in [7, 11) is 0. The minimum absolute atomic E-state index is 0.0312. The zero-order valence-corrected chi connectivity index (χ0v) is 19.0. The highest BCUT2D eigenvalue weighted by Crippen LogP contribution is 2.31. The highest BCUT2D eigenvalue weighted by Gasteiger charge is 2.22. The smallest absolute Gasteiger partial charge is 0.241 e. The summed E-state index contributed by atoms with van der Waals surface area (Å²) >= 11 is 6.45. The number of hydrogen-bond donors (Lipinski definition) is 3. The van der Waals surface area contributed by atoms with Gasteiger partial charge in [-0.15, -0.1) is 0 Å². The second-order valence-corrected chi connectivity index (χ2v) is 8.38. The molecule has 172 valence electrons. The Labute approximate surface area is 201 Å². The van der Waals surface area contributed by atoms with Gasteiger partial charge in [-0.2, -0.15) is 0 Å². The summed E-state index contributed by atoms with van der Waals surface area (Å²) in [4.78, 5) is 25.5. The lowest BCUT2D eigenvalue weighted by molar-refractivity contribution is -0.117. The van der Waals surface area contributed by atoms with Crippen molar-refractivity contribution in [2.75, 3.05) is 17.2 Å². The zero-order chi connectivity index (χ0) is 23.3. The fourth-order valence-electron chi connectivity index (χ4n) is 3.84. The maximum absolute atomic E-state index is 12.5. The Kier molecular flexibility index (Phi) is 6.51. The Morgan fingerprint density at radius 1 is 1.09 bits per heavy atom. The fraction of sp³-hybridized carbons (Fsp3) is 0.200. The van der Waals surface area contributed by atoms with Crippen LogP contribution in [0.5, 0.6) is 5.75 Å². The number of anilines is 3. The number of nitrogens with zero attached hydrogens (tertiary/aromatic N) is 3. The Balaban J connectivity index is 1.32. The number of amides is 1. The fourth-order valence-corrected chi connectivity index (χ4v) is 4.07. The Morgan fingerprint density at radius 2 is 2.00 bits per heavy atom. The van der Waals surface area contributed by atoms with Crippen LogP contribution in [-0.2, 0) is 11.4 Å².